The summed E-state index contributed by atoms with van der Waals surface area (Å²) in [6.45, 7) is 0.821. The molecule has 2 aromatic rings. The molecule has 0 radical (unpaired) electrons. The van der Waals surface area contributed by atoms with E-state index in [4.69, 9.17) is 9.47 Å². The first-order valence-corrected chi connectivity index (χ1v) is 8.16. The summed E-state index contributed by atoms with van der Waals surface area (Å²) in [6, 6.07) is 8.20. The number of methoxy groups -OCH3 is 2. The van der Waals surface area contributed by atoms with Gasteiger partial charge in [-0.3, -0.25) is 0 Å². The van der Waals surface area contributed by atoms with Gasteiger partial charge in [-0.05, 0) is 30.4 Å². The van der Waals surface area contributed by atoms with Crippen molar-refractivity contribution in [1.29, 1.82) is 0 Å². The van der Waals surface area contributed by atoms with Gasteiger partial charge >= 0.3 is 0 Å². The van der Waals surface area contributed by atoms with Crippen LogP contribution in [-0.4, -0.2) is 38.6 Å². The number of benzene rings is 1. The quantitative estimate of drug-likeness (QED) is 0.756. The number of anilines is 1. The number of hydrogen-bond donors (Lipinski definition) is 1. The van der Waals surface area contributed by atoms with Crippen molar-refractivity contribution in [2.45, 2.75) is 12.2 Å². The number of nitrogens with zero attached hydrogens (tertiary/aromatic N) is 1. The Hall–Kier alpha value is -1.46. The van der Waals surface area contributed by atoms with Crippen molar-refractivity contribution in [3.05, 3.63) is 29.8 Å². The van der Waals surface area contributed by atoms with Gasteiger partial charge in [-0.1, -0.05) is 0 Å². The van der Waals surface area contributed by atoms with E-state index in [0.29, 0.717) is 0 Å². The van der Waals surface area contributed by atoms with Gasteiger partial charge in [0.2, 0.25) is 0 Å². The Morgan fingerprint density at radius 2 is 2.10 bits per heavy atom. The highest BCUT2D eigenvalue weighted by atomic mass is 32.2. The van der Waals surface area contributed by atoms with Crippen molar-refractivity contribution >= 4 is 28.5 Å². The third-order valence-electron chi connectivity index (χ3n) is 3.24. The summed E-state index contributed by atoms with van der Waals surface area (Å²) < 4.78 is 10.3. The van der Waals surface area contributed by atoms with Crippen molar-refractivity contribution in [3.8, 4) is 5.75 Å². The van der Waals surface area contributed by atoms with Crippen LogP contribution in [0.25, 0.3) is 10.9 Å². The Labute approximate surface area is 130 Å². The second-order valence-electron chi connectivity index (χ2n) is 4.70. The van der Waals surface area contributed by atoms with Crippen LogP contribution < -0.4 is 10.1 Å². The van der Waals surface area contributed by atoms with E-state index < -0.39 is 0 Å². The number of fused-ring (bicyclic) bond motifs is 1. The standard InChI is InChI=1S/C16H22N2O2S/c1-17-16-13(11-21-8-4-7-19-2)9-12-5-6-14(20-3)10-15(12)18-16/h5-6,9-10H,4,7-8,11H2,1-3H3,(H,17,18). The molecule has 2 rings (SSSR count). The maximum atomic E-state index is 5.25. The Morgan fingerprint density at radius 3 is 2.81 bits per heavy atom. The number of aromatic nitrogens is 1. The summed E-state index contributed by atoms with van der Waals surface area (Å²) in [6.07, 6.45) is 1.08. The lowest BCUT2D eigenvalue weighted by molar-refractivity contribution is 0.200. The molecule has 114 valence electrons. The van der Waals surface area contributed by atoms with E-state index in [1.807, 2.05) is 30.9 Å². The van der Waals surface area contributed by atoms with Crippen molar-refractivity contribution in [2.24, 2.45) is 0 Å². The highest BCUT2D eigenvalue weighted by molar-refractivity contribution is 7.98. The van der Waals surface area contributed by atoms with Gasteiger partial charge in [0, 0.05) is 43.5 Å². The third-order valence-corrected chi connectivity index (χ3v) is 4.33. The molecule has 0 aliphatic heterocycles. The lowest BCUT2D eigenvalue weighted by atomic mass is 10.1. The summed E-state index contributed by atoms with van der Waals surface area (Å²) in [5, 5.41) is 4.33. The fraction of sp³-hybridized carbons (Fsp3) is 0.438. The molecule has 0 amide bonds. The van der Waals surface area contributed by atoms with E-state index in [9.17, 15) is 0 Å². The SMILES string of the molecule is CNc1nc2cc(OC)ccc2cc1CSCCCOC. The molecule has 0 fully saturated rings. The zero-order chi connectivity index (χ0) is 15.1. The zero-order valence-corrected chi connectivity index (χ0v) is 13.6. The second kappa shape index (κ2) is 8.10. The smallest absolute Gasteiger partial charge is 0.130 e. The van der Waals surface area contributed by atoms with Crippen molar-refractivity contribution in [3.63, 3.8) is 0 Å². The van der Waals surface area contributed by atoms with Gasteiger partial charge in [-0.15, -0.1) is 0 Å². The van der Waals surface area contributed by atoms with Crippen LogP contribution >= 0.6 is 11.8 Å². The van der Waals surface area contributed by atoms with Crippen LogP contribution in [-0.2, 0) is 10.5 Å². The fourth-order valence-electron chi connectivity index (χ4n) is 2.13. The van der Waals surface area contributed by atoms with Gasteiger partial charge < -0.3 is 14.8 Å². The normalized spacial score (nSPS) is 10.8. The minimum Gasteiger partial charge on any atom is -0.497 e. The molecule has 21 heavy (non-hydrogen) atoms. The minimum absolute atomic E-state index is 0.821. The fourth-order valence-corrected chi connectivity index (χ4v) is 3.04. The largest absolute Gasteiger partial charge is 0.497 e. The molecule has 5 heteroatoms. The molecule has 1 heterocycles. The molecular formula is C16H22N2O2S. The maximum absolute atomic E-state index is 5.25. The summed E-state index contributed by atoms with van der Waals surface area (Å²) in [5.74, 6) is 3.82. The van der Waals surface area contributed by atoms with Gasteiger partial charge in [0.1, 0.15) is 11.6 Å². The van der Waals surface area contributed by atoms with Crippen LogP contribution in [0.3, 0.4) is 0 Å². The zero-order valence-electron chi connectivity index (χ0n) is 12.8. The van der Waals surface area contributed by atoms with Crippen LogP contribution in [0.2, 0.25) is 0 Å². The number of ether oxygens (including phenoxy) is 2. The molecule has 0 saturated heterocycles. The van der Waals surface area contributed by atoms with E-state index in [2.05, 4.69) is 22.4 Å². The lowest BCUT2D eigenvalue weighted by Crippen LogP contribution is -1.99. The molecule has 0 unspecified atom stereocenters. The van der Waals surface area contributed by atoms with Crippen LogP contribution in [0.4, 0.5) is 5.82 Å². The van der Waals surface area contributed by atoms with E-state index in [1.54, 1.807) is 14.2 Å². The van der Waals surface area contributed by atoms with E-state index in [1.165, 1.54) is 5.56 Å². The predicted octanol–water partition coefficient (Wildman–Crippen LogP) is 3.55. The Bertz CT molecular complexity index is 590. The molecule has 1 N–H and O–H groups in total. The lowest BCUT2D eigenvalue weighted by Gasteiger charge is -2.11. The predicted molar refractivity (Wildman–Crippen MR) is 90.5 cm³/mol. The average molecular weight is 306 g/mol. The summed E-state index contributed by atoms with van der Waals surface area (Å²) in [4.78, 5) is 4.69. The first kappa shape index (κ1) is 15.9. The summed E-state index contributed by atoms with van der Waals surface area (Å²) in [5.41, 5.74) is 2.18. The van der Waals surface area contributed by atoms with E-state index >= 15 is 0 Å². The number of hydrogen-bond acceptors (Lipinski definition) is 5. The van der Waals surface area contributed by atoms with Crippen molar-refractivity contribution < 1.29 is 9.47 Å². The van der Waals surface area contributed by atoms with Gasteiger partial charge in [-0.2, -0.15) is 11.8 Å². The third kappa shape index (κ3) is 4.25. The molecule has 1 aromatic heterocycles. The number of thioether (sulfide) groups is 1. The van der Waals surface area contributed by atoms with Crippen molar-refractivity contribution in [1.82, 2.24) is 4.98 Å². The number of rotatable bonds is 8. The monoisotopic (exact) mass is 306 g/mol. The first-order chi connectivity index (χ1) is 10.3. The molecule has 0 aliphatic rings. The summed E-state index contributed by atoms with van der Waals surface area (Å²) >= 11 is 1.91. The van der Waals surface area contributed by atoms with Gasteiger partial charge in [0.15, 0.2) is 0 Å². The average Bonchev–Trinajstić information content (AvgIpc) is 2.53. The molecule has 0 saturated carbocycles. The van der Waals surface area contributed by atoms with Gasteiger partial charge in [0.05, 0.1) is 12.6 Å². The Balaban J connectivity index is 2.14. The maximum Gasteiger partial charge on any atom is 0.130 e. The van der Waals surface area contributed by atoms with Crippen LogP contribution in [0.1, 0.15) is 12.0 Å². The molecule has 0 bridgehead atoms. The first-order valence-electron chi connectivity index (χ1n) is 7.00. The topological polar surface area (TPSA) is 43.4 Å². The molecule has 1 aromatic carbocycles. The summed E-state index contributed by atoms with van der Waals surface area (Å²) in [7, 11) is 5.32. The van der Waals surface area contributed by atoms with Crippen LogP contribution in [0.5, 0.6) is 5.75 Å². The van der Waals surface area contributed by atoms with Crippen LogP contribution in [0, 0.1) is 0 Å². The molecular weight excluding hydrogens is 284 g/mol. The van der Waals surface area contributed by atoms with Gasteiger partial charge in [-0.25, -0.2) is 4.98 Å². The Morgan fingerprint density at radius 1 is 1.24 bits per heavy atom. The molecule has 0 spiro atoms. The highest BCUT2D eigenvalue weighted by Gasteiger charge is 2.07. The van der Waals surface area contributed by atoms with Crippen LogP contribution in [0.15, 0.2) is 24.3 Å². The molecule has 4 nitrogen and oxygen atoms in total. The molecule has 0 aliphatic carbocycles. The van der Waals surface area contributed by atoms with Crippen molar-refractivity contribution in [2.75, 3.05) is 38.9 Å². The number of pyridine rings is 1. The molecule has 0 atom stereocenters. The minimum atomic E-state index is 0.821. The van der Waals surface area contributed by atoms with E-state index in [-0.39, 0.29) is 0 Å². The highest BCUT2D eigenvalue weighted by Crippen LogP contribution is 2.26. The van der Waals surface area contributed by atoms with E-state index in [0.717, 1.165) is 47.0 Å². The van der Waals surface area contributed by atoms with Gasteiger partial charge in [0.25, 0.3) is 0 Å². The second-order valence-corrected chi connectivity index (χ2v) is 5.81. The number of nitrogens with one attached hydrogen (secondary N) is 1. The Kier molecular flexibility index (Phi) is 6.14.